The first-order valence-electron chi connectivity index (χ1n) is 11.0. The summed E-state index contributed by atoms with van der Waals surface area (Å²) >= 11 is 0. The maximum absolute atomic E-state index is 13.1. The van der Waals surface area contributed by atoms with Gasteiger partial charge in [0.25, 0.3) is 5.91 Å². The van der Waals surface area contributed by atoms with E-state index in [2.05, 4.69) is 5.32 Å². The van der Waals surface area contributed by atoms with Gasteiger partial charge in [-0.2, -0.15) is 4.31 Å². The van der Waals surface area contributed by atoms with E-state index in [9.17, 15) is 22.8 Å². The summed E-state index contributed by atoms with van der Waals surface area (Å²) in [4.78, 5) is 37.0. The molecule has 188 valence electrons. The zero-order chi connectivity index (χ0) is 25.6. The summed E-state index contributed by atoms with van der Waals surface area (Å²) in [6, 6.07) is 12.7. The first-order valence-corrected chi connectivity index (χ1v) is 12.4. The first-order chi connectivity index (χ1) is 16.7. The average molecular weight is 505 g/mol. The highest BCUT2D eigenvalue weighted by Gasteiger charge is 2.35. The number of sulfonamides is 1. The lowest BCUT2D eigenvalue weighted by Gasteiger charge is -2.31. The fraction of sp³-hybridized carbons (Fsp3) is 0.375. The molecule has 10 nitrogen and oxygen atoms in total. The number of rotatable bonds is 8. The lowest BCUT2D eigenvalue weighted by Crippen LogP contribution is -2.42. The number of carbonyl (C=O) groups excluding carboxylic acids is 3. The zero-order valence-electron chi connectivity index (χ0n) is 19.7. The van der Waals surface area contributed by atoms with Crippen LogP contribution >= 0.6 is 0 Å². The number of amides is 1. The zero-order valence-corrected chi connectivity index (χ0v) is 20.5. The number of anilines is 1. The fourth-order valence-corrected chi connectivity index (χ4v) is 5.40. The number of piperidine rings is 1. The van der Waals surface area contributed by atoms with Crippen molar-refractivity contribution in [2.75, 3.05) is 32.6 Å². The Kier molecular flexibility index (Phi) is 8.47. The topological polar surface area (TPSA) is 128 Å². The van der Waals surface area contributed by atoms with Gasteiger partial charge in [0, 0.05) is 13.1 Å². The molecule has 1 aliphatic heterocycles. The summed E-state index contributed by atoms with van der Waals surface area (Å²) in [5.74, 6) is -1.91. The number of ether oxygens (including phenoxy) is 3. The Bertz CT molecular complexity index is 1190. The summed E-state index contributed by atoms with van der Waals surface area (Å²) in [5, 5.41) is 2.67. The second-order valence-electron chi connectivity index (χ2n) is 7.93. The molecule has 0 radical (unpaired) electrons. The molecular formula is C24H28N2O8S. The van der Waals surface area contributed by atoms with Crippen molar-refractivity contribution in [1.82, 2.24) is 4.31 Å². The van der Waals surface area contributed by atoms with Crippen molar-refractivity contribution in [3.63, 3.8) is 0 Å². The van der Waals surface area contributed by atoms with Crippen LogP contribution < -0.4 is 10.1 Å². The van der Waals surface area contributed by atoms with Gasteiger partial charge in [-0.15, -0.1) is 0 Å². The number of benzene rings is 2. The highest BCUT2D eigenvalue weighted by atomic mass is 32.2. The summed E-state index contributed by atoms with van der Waals surface area (Å²) in [5.41, 5.74) is 0.403. The van der Waals surface area contributed by atoms with E-state index in [1.165, 1.54) is 43.6 Å². The fourth-order valence-electron chi connectivity index (χ4n) is 3.75. The van der Waals surface area contributed by atoms with Gasteiger partial charge >= 0.3 is 11.9 Å². The number of nitrogens with one attached hydrogen (secondary N) is 1. The predicted octanol–water partition coefficient (Wildman–Crippen LogP) is 2.45. The van der Waals surface area contributed by atoms with Gasteiger partial charge in [-0.25, -0.2) is 13.2 Å². The standard InChI is InChI=1S/C24H28N2O8S/c1-16(22(27)25-19-9-5-6-10-20(19)32-2)34-23(28)17-12-14-26(15-13-17)35(30,31)21-11-7-4-8-18(21)24(29)33-3/h4-11,16-17H,12-15H2,1-3H3,(H,25,27)/t16-/m1/s1. The van der Waals surface area contributed by atoms with Crippen molar-refractivity contribution < 1.29 is 37.0 Å². The minimum atomic E-state index is -3.97. The molecule has 1 fully saturated rings. The lowest BCUT2D eigenvalue weighted by atomic mass is 9.98. The average Bonchev–Trinajstić information content (AvgIpc) is 2.88. The van der Waals surface area contributed by atoms with E-state index in [-0.39, 0.29) is 36.4 Å². The Morgan fingerprint density at radius 1 is 1.00 bits per heavy atom. The maximum Gasteiger partial charge on any atom is 0.339 e. The van der Waals surface area contributed by atoms with E-state index in [1.54, 1.807) is 30.3 Å². The Labute approximate surface area is 204 Å². The van der Waals surface area contributed by atoms with Gasteiger partial charge in [0.1, 0.15) is 5.75 Å². The van der Waals surface area contributed by atoms with Crippen molar-refractivity contribution in [2.24, 2.45) is 5.92 Å². The third-order valence-corrected chi connectivity index (χ3v) is 7.68. The van der Waals surface area contributed by atoms with E-state index in [1.807, 2.05) is 0 Å². The second kappa shape index (κ2) is 11.3. The van der Waals surface area contributed by atoms with E-state index in [4.69, 9.17) is 14.2 Å². The van der Waals surface area contributed by atoms with Crippen LogP contribution in [-0.4, -0.2) is 64.0 Å². The molecule has 11 heteroatoms. The molecule has 1 heterocycles. The van der Waals surface area contributed by atoms with Crippen molar-refractivity contribution in [1.29, 1.82) is 0 Å². The quantitative estimate of drug-likeness (QED) is 0.543. The van der Waals surface area contributed by atoms with Crippen LogP contribution in [0, 0.1) is 5.92 Å². The Balaban J connectivity index is 1.59. The third kappa shape index (κ3) is 5.98. The van der Waals surface area contributed by atoms with Crippen molar-refractivity contribution in [3.05, 3.63) is 54.1 Å². The number of para-hydroxylation sites is 2. The number of hydrogen-bond acceptors (Lipinski definition) is 8. The lowest BCUT2D eigenvalue weighted by molar-refractivity contribution is -0.158. The van der Waals surface area contributed by atoms with Crippen molar-refractivity contribution in [2.45, 2.75) is 30.8 Å². The van der Waals surface area contributed by atoms with Gasteiger partial charge in [0.15, 0.2) is 6.10 Å². The minimum absolute atomic E-state index is 0.0496. The molecular weight excluding hydrogens is 476 g/mol. The molecule has 0 bridgehead atoms. The van der Waals surface area contributed by atoms with Crippen LogP contribution in [0.15, 0.2) is 53.4 Å². The van der Waals surface area contributed by atoms with E-state index < -0.39 is 39.9 Å². The number of esters is 2. The van der Waals surface area contributed by atoms with Crippen LogP contribution in [0.25, 0.3) is 0 Å². The van der Waals surface area contributed by atoms with Gasteiger partial charge in [-0.1, -0.05) is 24.3 Å². The summed E-state index contributed by atoms with van der Waals surface area (Å²) in [6.45, 7) is 1.60. The molecule has 2 aromatic rings. The van der Waals surface area contributed by atoms with E-state index >= 15 is 0 Å². The molecule has 1 atom stereocenters. The molecule has 1 aliphatic rings. The summed E-state index contributed by atoms with van der Waals surface area (Å²) < 4.78 is 42.7. The van der Waals surface area contributed by atoms with Gasteiger partial charge in [-0.3, -0.25) is 9.59 Å². The van der Waals surface area contributed by atoms with Crippen LogP contribution in [-0.2, 0) is 29.1 Å². The molecule has 3 rings (SSSR count). The number of carbonyl (C=O) groups is 3. The highest BCUT2D eigenvalue weighted by Crippen LogP contribution is 2.27. The molecule has 1 amide bonds. The minimum Gasteiger partial charge on any atom is -0.495 e. The Hall–Kier alpha value is -3.44. The van der Waals surface area contributed by atoms with Crippen LogP contribution in [0.1, 0.15) is 30.1 Å². The summed E-state index contributed by atoms with van der Waals surface area (Å²) in [6.07, 6.45) is -0.611. The molecule has 35 heavy (non-hydrogen) atoms. The van der Waals surface area contributed by atoms with Crippen molar-refractivity contribution >= 4 is 33.6 Å². The molecule has 1 N–H and O–H groups in total. The molecule has 0 aliphatic carbocycles. The Morgan fingerprint density at radius 3 is 2.29 bits per heavy atom. The largest absolute Gasteiger partial charge is 0.495 e. The number of hydrogen-bond donors (Lipinski definition) is 1. The molecule has 1 saturated heterocycles. The van der Waals surface area contributed by atoms with Crippen molar-refractivity contribution in [3.8, 4) is 5.75 Å². The monoisotopic (exact) mass is 504 g/mol. The highest BCUT2D eigenvalue weighted by molar-refractivity contribution is 7.89. The normalized spacial score (nSPS) is 15.6. The third-order valence-electron chi connectivity index (χ3n) is 5.72. The van der Waals surface area contributed by atoms with Gasteiger partial charge in [-0.05, 0) is 44.0 Å². The SMILES string of the molecule is COC(=O)c1ccccc1S(=O)(=O)N1CCC(C(=O)O[C@H](C)C(=O)Nc2ccccc2OC)CC1. The van der Waals surface area contributed by atoms with Crippen LogP contribution in [0.2, 0.25) is 0 Å². The van der Waals surface area contributed by atoms with Crippen LogP contribution in [0.5, 0.6) is 5.75 Å². The van der Waals surface area contributed by atoms with E-state index in [0.29, 0.717) is 11.4 Å². The smallest absolute Gasteiger partial charge is 0.339 e. The molecule has 0 saturated carbocycles. The molecule has 2 aromatic carbocycles. The summed E-state index contributed by atoms with van der Waals surface area (Å²) in [7, 11) is -1.31. The first kappa shape index (κ1) is 26.2. The molecule has 0 unspecified atom stereocenters. The Morgan fingerprint density at radius 2 is 1.63 bits per heavy atom. The van der Waals surface area contributed by atoms with Crippen LogP contribution in [0.3, 0.4) is 0 Å². The predicted molar refractivity (Wildman–Crippen MR) is 126 cm³/mol. The molecule has 0 aromatic heterocycles. The second-order valence-corrected chi connectivity index (χ2v) is 9.84. The van der Waals surface area contributed by atoms with Gasteiger partial charge in [0.2, 0.25) is 10.0 Å². The maximum atomic E-state index is 13.1. The van der Waals surface area contributed by atoms with Gasteiger partial charge < -0.3 is 19.5 Å². The number of methoxy groups -OCH3 is 2. The van der Waals surface area contributed by atoms with Crippen LogP contribution in [0.4, 0.5) is 5.69 Å². The molecule has 0 spiro atoms. The van der Waals surface area contributed by atoms with E-state index in [0.717, 1.165) is 0 Å². The van der Waals surface area contributed by atoms with Gasteiger partial charge in [0.05, 0.1) is 36.3 Å². The number of nitrogens with zero attached hydrogens (tertiary/aromatic N) is 1.